The van der Waals surface area contributed by atoms with Gasteiger partial charge in [-0.05, 0) is 54.1 Å². The molecule has 0 unspecified atom stereocenters. The molecule has 1 aliphatic carbocycles. The molecule has 0 radical (unpaired) electrons. The van der Waals surface area contributed by atoms with E-state index >= 15 is 0 Å². The second-order valence-electron chi connectivity index (χ2n) is 6.66. The molecule has 2 aliphatic rings. The Kier molecular flexibility index (Phi) is 3.34. The van der Waals surface area contributed by atoms with Crippen LogP contribution in [0.4, 0.5) is 0 Å². The van der Waals surface area contributed by atoms with Crippen LogP contribution in [-0.4, -0.2) is 21.7 Å². The van der Waals surface area contributed by atoms with E-state index in [1.807, 2.05) is 6.07 Å². The first kappa shape index (κ1) is 14.6. The second-order valence-corrected chi connectivity index (χ2v) is 6.66. The Morgan fingerprint density at radius 2 is 1.96 bits per heavy atom. The number of phenolic OH excluding ortho intramolecular Hbond substituents is 2. The lowest BCUT2D eigenvalue weighted by Gasteiger charge is -2.33. The van der Waals surface area contributed by atoms with Crippen LogP contribution in [-0.2, 0) is 6.42 Å². The van der Waals surface area contributed by atoms with E-state index in [-0.39, 0.29) is 11.5 Å². The number of rotatable bonds is 3. The van der Waals surface area contributed by atoms with E-state index in [4.69, 9.17) is 0 Å². The zero-order chi connectivity index (χ0) is 16.1. The van der Waals surface area contributed by atoms with Gasteiger partial charge in [-0.25, -0.2) is 0 Å². The van der Waals surface area contributed by atoms with Gasteiger partial charge in [-0.15, -0.1) is 0 Å². The molecule has 0 saturated heterocycles. The van der Waals surface area contributed by atoms with Gasteiger partial charge in [0.25, 0.3) is 0 Å². The molecule has 2 aromatic carbocycles. The summed E-state index contributed by atoms with van der Waals surface area (Å²) in [7, 11) is 0. The summed E-state index contributed by atoms with van der Waals surface area (Å²) < 4.78 is 0. The van der Waals surface area contributed by atoms with Crippen molar-refractivity contribution in [3.05, 3.63) is 47.0 Å². The first-order valence-electron chi connectivity index (χ1n) is 8.60. The molecule has 23 heavy (non-hydrogen) atoms. The predicted octanol–water partition coefficient (Wildman–Crippen LogP) is 4.54. The molecule has 0 aromatic heterocycles. The average Bonchev–Trinajstić information content (AvgIpc) is 2.86. The predicted molar refractivity (Wildman–Crippen MR) is 91.7 cm³/mol. The van der Waals surface area contributed by atoms with Crippen molar-refractivity contribution in [1.29, 1.82) is 0 Å². The largest absolute Gasteiger partial charge is 0.504 e. The third kappa shape index (κ3) is 1.93. The van der Waals surface area contributed by atoms with Crippen molar-refractivity contribution < 1.29 is 10.2 Å². The minimum Gasteiger partial charge on any atom is -0.504 e. The van der Waals surface area contributed by atoms with E-state index in [9.17, 15) is 10.2 Å². The maximum absolute atomic E-state index is 10.4. The molecule has 0 fully saturated rings. The van der Waals surface area contributed by atoms with Crippen LogP contribution in [0.15, 0.2) is 30.3 Å². The van der Waals surface area contributed by atoms with Gasteiger partial charge in [-0.2, -0.15) is 0 Å². The number of aromatic hydroxyl groups is 2. The fourth-order valence-corrected chi connectivity index (χ4v) is 4.57. The van der Waals surface area contributed by atoms with Crippen molar-refractivity contribution in [2.75, 3.05) is 6.54 Å². The van der Waals surface area contributed by atoms with Gasteiger partial charge in [0.2, 0.25) is 0 Å². The highest BCUT2D eigenvalue weighted by atomic mass is 16.3. The molecular formula is C20H23NO2. The molecule has 2 atom stereocenters. The number of phenols is 2. The lowest BCUT2D eigenvalue weighted by atomic mass is 9.81. The number of fused-ring (bicyclic) bond motifs is 2. The van der Waals surface area contributed by atoms with Gasteiger partial charge in [-0.3, -0.25) is 4.90 Å². The summed E-state index contributed by atoms with van der Waals surface area (Å²) >= 11 is 0. The highest BCUT2D eigenvalue weighted by Crippen LogP contribution is 2.55. The van der Waals surface area contributed by atoms with E-state index in [0.29, 0.717) is 12.1 Å². The average molecular weight is 309 g/mol. The Labute approximate surface area is 137 Å². The minimum atomic E-state index is -0.0322. The first-order chi connectivity index (χ1) is 11.2. The third-order valence-electron chi connectivity index (χ3n) is 5.43. The molecule has 1 aliphatic heterocycles. The van der Waals surface area contributed by atoms with Crippen LogP contribution in [0.2, 0.25) is 0 Å². The number of hydrogen-bond donors (Lipinski definition) is 2. The Bertz CT molecular complexity index is 768. The summed E-state index contributed by atoms with van der Waals surface area (Å²) in [5, 5.41) is 20.3. The third-order valence-corrected chi connectivity index (χ3v) is 5.43. The zero-order valence-electron chi connectivity index (χ0n) is 13.7. The molecular weight excluding hydrogens is 286 g/mol. The maximum atomic E-state index is 10.4. The van der Waals surface area contributed by atoms with Crippen LogP contribution in [0, 0.1) is 0 Å². The molecule has 4 rings (SSSR count). The number of benzene rings is 2. The SMILES string of the molecule is CCCN1[C@@H]2Cc3ccc(O)c(O)c3-c3cccc(c32)[C@@H]1CC. The first-order valence-corrected chi connectivity index (χ1v) is 8.60. The summed E-state index contributed by atoms with van der Waals surface area (Å²) in [6.07, 6.45) is 3.15. The molecule has 2 aromatic rings. The van der Waals surface area contributed by atoms with Crippen LogP contribution < -0.4 is 0 Å². The molecule has 0 bridgehead atoms. The van der Waals surface area contributed by atoms with Crippen molar-refractivity contribution >= 4 is 0 Å². The van der Waals surface area contributed by atoms with Crippen LogP contribution >= 0.6 is 0 Å². The van der Waals surface area contributed by atoms with E-state index in [2.05, 4.69) is 36.9 Å². The van der Waals surface area contributed by atoms with Crippen molar-refractivity contribution in [1.82, 2.24) is 4.90 Å². The lowest BCUT2D eigenvalue weighted by molar-refractivity contribution is 0.155. The van der Waals surface area contributed by atoms with Crippen LogP contribution in [0.3, 0.4) is 0 Å². The maximum Gasteiger partial charge on any atom is 0.165 e. The van der Waals surface area contributed by atoms with E-state index in [0.717, 1.165) is 42.5 Å². The summed E-state index contributed by atoms with van der Waals surface area (Å²) in [6.45, 7) is 5.58. The Morgan fingerprint density at radius 3 is 2.70 bits per heavy atom. The molecule has 0 amide bonds. The molecule has 1 heterocycles. The van der Waals surface area contributed by atoms with Crippen LogP contribution in [0.5, 0.6) is 11.5 Å². The molecule has 0 saturated carbocycles. The molecule has 2 N–H and O–H groups in total. The highest BCUT2D eigenvalue weighted by Gasteiger charge is 2.41. The Balaban J connectivity index is 1.96. The zero-order valence-corrected chi connectivity index (χ0v) is 13.7. The van der Waals surface area contributed by atoms with Crippen molar-refractivity contribution in [3.63, 3.8) is 0 Å². The summed E-state index contributed by atoms with van der Waals surface area (Å²) in [5.74, 6) is -0.00778. The number of nitrogens with zero attached hydrogens (tertiary/aromatic N) is 1. The molecule has 3 heteroatoms. The van der Waals surface area contributed by atoms with Crippen molar-refractivity contribution in [3.8, 4) is 22.6 Å². The molecule has 120 valence electrons. The van der Waals surface area contributed by atoms with Crippen molar-refractivity contribution in [2.24, 2.45) is 0 Å². The minimum absolute atomic E-state index is 0.0244. The second kappa shape index (κ2) is 5.27. The van der Waals surface area contributed by atoms with E-state index < -0.39 is 0 Å². The standard InChI is InChI=1S/C20H23NO2/c1-3-10-21-15(4-2)13-6-5-7-14-18-12(11-16(21)19(13)14)8-9-17(22)20(18)23/h5-9,15-16,22-23H,3-4,10-11H2,1-2H3/t15-,16+/m0/s1. The van der Waals surface area contributed by atoms with Gasteiger partial charge in [-0.1, -0.05) is 38.1 Å². The molecule has 0 spiro atoms. The van der Waals surface area contributed by atoms with Gasteiger partial charge in [0.05, 0.1) is 0 Å². The number of hydrogen-bond acceptors (Lipinski definition) is 3. The van der Waals surface area contributed by atoms with Gasteiger partial charge in [0, 0.05) is 17.6 Å². The quantitative estimate of drug-likeness (QED) is 0.818. The fraction of sp³-hybridized carbons (Fsp3) is 0.400. The van der Waals surface area contributed by atoms with Crippen LogP contribution in [0.25, 0.3) is 11.1 Å². The van der Waals surface area contributed by atoms with Gasteiger partial charge >= 0.3 is 0 Å². The monoisotopic (exact) mass is 309 g/mol. The van der Waals surface area contributed by atoms with Crippen molar-refractivity contribution in [2.45, 2.75) is 45.2 Å². The lowest BCUT2D eigenvalue weighted by Crippen LogP contribution is -2.29. The highest BCUT2D eigenvalue weighted by molar-refractivity contribution is 5.82. The van der Waals surface area contributed by atoms with Gasteiger partial charge in [0.15, 0.2) is 11.5 Å². The summed E-state index contributed by atoms with van der Waals surface area (Å²) in [4.78, 5) is 2.63. The van der Waals surface area contributed by atoms with Gasteiger partial charge in [0.1, 0.15) is 0 Å². The van der Waals surface area contributed by atoms with Gasteiger partial charge < -0.3 is 10.2 Å². The summed E-state index contributed by atoms with van der Waals surface area (Å²) in [5.41, 5.74) is 5.82. The van der Waals surface area contributed by atoms with E-state index in [1.54, 1.807) is 6.07 Å². The summed E-state index contributed by atoms with van der Waals surface area (Å²) in [6, 6.07) is 10.8. The smallest absolute Gasteiger partial charge is 0.165 e. The molecule has 3 nitrogen and oxygen atoms in total. The normalized spacial score (nSPS) is 22.0. The Morgan fingerprint density at radius 1 is 1.13 bits per heavy atom. The Hall–Kier alpha value is -2.00. The topological polar surface area (TPSA) is 43.7 Å². The van der Waals surface area contributed by atoms with E-state index in [1.165, 1.54) is 11.1 Å². The fourth-order valence-electron chi connectivity index (χ4n) is 4.57. The van der Waals surface area contributed by atoms with Crippen LogP contribution in [0.1, 0.15) is 55.5 Å².